The van der Waals surface area contributed by atoms with Crippen molar-refractivity contribution in [2.45, 2.75) is 0 Å². The topological polar surface area (TPSA) is 98.7 Å². The van der Waals surface area contributed by atoms with Gasteiger partial charge in [-0.25, -0.2) is 14.0 Å². The number of aromatic carboxylic acids is 1. The lowest BCUT2D eigenvalue weighted by Gasteiger charge is -2.12. The molecule has 0 unspecified atom stereocenters. The zero-order chi connectivity index (χ0) is 15.3. The first-order valence-corrected chi connectivity index (χ1v) is 5.59. The third kappa shape index (κ3) is 4.23. The van der Waals surface area contributed by atoms with Crippen LogP contribution in [0.3, 0.4) is 0 Å². The summed E-state index contributed by atoms with van der Waals surface area (Å²) in [5.74, 6) is -2.32. The Balaban J connectivity index is 2.73. The van der Waals surface area contributed by atoms with Crippen LogP contribution >= 0.6 is 0 Å². The van der Waals surface area contributed by atoms with E-state index in [1.165, 1.54) is 19.0 Å². The monoisotopic (exact) mass is 283 g/mol. The normalized spacial score (nSPS) is 9.75. The van der Waals surface area contributed by atoms with Gasteiger partial charge in [-0.2, -0.15) is 0 Å². The van der Waals surface area contributed by atoms with Gasteiger partial charge in [0.1, 0.15) is 5.82 Å². The molecule has 0 bridgehead atoms. The molecule has 0 aromatic heterocycles. The van der Waals surface area contributed by atoms with Crippen molar-refractivity contribution in [1.82, 2.24) is 10.2 Å². The standard InChI is InChI=1S/C12H14FN3O4/c1-16(2)10(17)6-14-12(20)15-9-5-7(13)3-4-8(9)11(18)19/h3-5H,6H2,1-2H3,(H,18,19)(H2,14,15,20). The molecule has 1 aromatic rings. The second-order valence-electron chi connectivity index (χ2n) is 4.09. The average molecular weight is 283 g/mol. The Morgan fingerprint density at radius 1 is 1.30 bits per heavy atom. The fourth-order valence-electron chi connectivity index (χ4n) is 1.29. The molecule has 0 saturated carbocycles. The predicted molar refractivity (Wildman–Crippen MR) is 69.1 cm³/mol. The van der Waals surface area contributed by atoms with Gasteiger partial charge in [-0.15, -0.1) is 0 Å². The van der Waals surface area contributed by atoms with E-state index in [9.17, 15) is 18.8 Å². The summed E-state index contributed by atoms with van der Waals surface area (Å²) in [5.41, 5.74) is -0.437. The Morgan fingerprint density at radius 3 is 2.50 bits per heavy atom. The maximum absolute atomic E-state index is 13.1. The Labute approximate surface area is 114 Å². The van der Waals surface area contributed by atoms with Crippen molar-refractivity contribution in [3.63, 3.8) is 0 Å². The van der Waals surface area contributed by atoms with Crippen molar-refractivity contribution in [3.05, 3.63) is 29.6 Å². The van der Waals surface area contributed by atoms with Gasteiger partial charge in [0.2, 0.25) is 5.91 Å². The van der Waals surface area contributed by atoms with E-state index >= 15 is 0 Å². The van der Waals surface area contributed by atoms with Crippen LogP contribution in [0.1, 0.15) is 10.4 Å². The summed E-state index contributed by atoms with van der Waals surface area (Å²) < 4.78 is 13.1. The number of hydrogen-bond donors (Lipinski definition) is 3. The lowest BCUT2D eigenvalue weighted by atomic mass is 10.2. The minimum atomic E-state index is -1.30. The molecule has 0 aliphatic rings. The van der Waals surface area contributed by atoms with Gasteiger partial charge in [-0.1, -0.05) is 0 Å². The van der Waals surface area contributed by atoms with E-state index < -0.39 is 17.8 Å². The first-order valence-electron chi connectivity index (χ1n) is 5.59. The summed E-state index contributed by atoms with van der Waals surface area (Å²) >= 11 is 0. The number of urea groups is 1. The number of nitrogens with zero attached hydrogens (tertiary/aromatic N) is 1. The molecule has 1 aromatic carbocycles. The van der Waals surface area contributed by atoms with Gasteiger partial charge in [0.05, 0.1) is 17.8 Å². The van der Waals surface area contributed by atoms with E-state index in [1.807, 2.05) is 0 Å². The van der Waals surface area contributed by atoms with Crippen molar-refractivity contribution in [2.24, 2.45) is 0 Å². The molecule has 0 aliphatic heterocycles. The SMILES string of the molecule is CN(C)C(=O)CNC(=O)Nc1cc(F)ccc1C(=O)O. The number of halogens is 1. The molecule has 8 heteroatoms. The van der Waals surface area contributed by atoms with Crippen LogP contribution in [0.2, 0.25) is 0 Å². The number of carbonyl (C=O) groups excluding carboxylic acids is 2. The van der Waals surface area contributed by atoms with Crippen LogP contribution < -0.4 is 10.6 Å². The zero-order valence-electron chi connectivity index (χ0n) is 10.9. The molecule has 0 heterocycles. The number of amides is 3. The van der Waals surface area contributed by atoms with Gasteiger partial charge in [0.25, 0.3) is 0 Å². The minimum absolute atomic E-state index is 0.188. The van der Waals surface area contributed by atoms with Gasteiger partial charge in [-0.3, -0.25) is 4.79 Å². The van der Waals surface area contributed by atoms with Gasteiger partial charge in [-0.05, 0) is 18.2 Å². The number of benzene rings is 1. The molecule has 108 valence electrons. The van der Waals surface area contributed by atoms with Gasteiger partial charge >= 0.3 is 12.0 Å². The second kappa shape index (κ2) is 6.50. The molecular weight excluding hydrogens is 269 g/mol. The Kier molecular flexibility index (Phi) is 5.01. The maximum atomic E-state index is 13.1. The summed E-state index contributed by atoms with van der Waals surface area (Å²) in [7, 11) is 3.05. The highest BCUT2D eigenvalue weighted by Crippen LogP contribution is 2.17. The lowest BCUT2D eigenvalue weighted by molar-refractivity contribution is -0.127. The summed E-state index contributed by atoms with van der Waals surface area (Å²) in [5, 5.41) is 13.3. The van der Waals surface area contributed by atoms with Crippen molar-refractivity contribution in [2.75, 3.05) is 26.0 Å². The molecule has 0 spiro atoms. The predicted octanol–water partition coefficient (Wildman–Crippen LogP) is 0.734. The molecule has 0 fully saturated rings. The van der Waals surface area contributed by atoms with Crippen LogP contribution in [0.25, 0.3) is 0 Å². The number of anilines is 1. The van der Waals surface area contributed by atoms with Crippen molar-refractivity contribution in [3.8, 4) is 0 Å². The minimum Gasteiger partial charge on any atom is -0.478 e. The molecule has 3 amide bonds. The van der Waals surface area contributed by atoms with Gasteiger partial charge in [0, 0.05) is 14.1 Å². The van der Waals surface area contributed by atoms with E-state index in [1.54, 1.807) is 0 Å². The molecule has 0 aliphatic carbocycles. The van der Waals surface area contributed by atoms with Gasteiger partial charge in [0.15, 0.2) is 0 Å². The number of carbonyl (C=O) groups is 3. The van der Waals surface area contributed by atoms with Gasteiger partial charge < -0.3 is 20.6 Å². The molecule has 0 radical (unpaired) electrons. The fraction of sp³-hybridized carbons (Fsp3) is 0.250. The molecule has 20 heavy (non-hydrogen) atoms. The second-order valence-corrected chi connectivity index (χ2v) is 4.09. The van der Waals surface area contributed by atoms with Crippen molar-refractivity contribution < 1.29 is 23.9 Å². The molecule has 3 N–H and O–H groups in total. The summed E-state index contributed by atoms with van der Waals surface area (Å²) in [6, 6.07) is 2.10. The van der Waals surface area contributed by atoms with E-state index in [4.69, 9.17) is 5.11 Å². The average Bonchev–Trinajstić information content (AvgIpc) is 2.35. The van der Waals surface area contributed by atoms with Crippen LogP contribution in [0, 0.1) is 5.82 Å². The molecule has 1 rings (SSSR count). The Morgan fingerprint density at radius 2 is 1.95 bits per heavy atom. The lowest BCUT2D eigenvalue weighted by Crippen LogP contribution is -2.38. The maximum Gasteiger partial charge on any atom is 0.337 e. The number of hydrogen-bond acceptors (Lipinski definition) is 3. The third-order valence-corrected chi connectivity index (χ3v) is 2.36. The highest BCUT2D eigenvalue weighted by Gasteiger charge is 2.14. The Bertz CT molecular complexity index is 546. The fourth-order valence-corrected chi connectivity index (χ4v) is 1.29. The van der Waals surface area contributed by atoms with Crippen LogP contribution in [0.5, 0.6) is 0 Å². The number of rotatable bonds is 4. The summed E-state index contributed by atoms with van der Waals surface area (Å²) in [6.07, 6.45) is 0. The molecule has 0 atom stereocenters. The number of nitrogens with one attached hydrogen (secondary N) is 2. The Hall–Kier alpha value is -2.64. The number of likely N-dealkylation sites (N-methyl/N-ethyl adjacent to an activating group) is 1. The summed E-state index contributed by atoms with van der Waals surface area (Å²) in [4.78, 5) is 35.0. The van der Waals surface area contributed by atoms with Crippen LogP contribution in [0.15, 0.2) is 18.2 Å². The van der Waals surface area contributed by atoms with E-state index in [0.717, 1.165) is 18.2 Å². The van der Waals surface area contributed by atoms with Crippen molar-refractivity contribution in [1.29, 1.82) is 0 Å². The van der Waals surface area contributed by atoms with Crippen LogP contribution in [-0.4, -0.2) is 48.6 Å². The zero-order valence-corrected chi connectivity index (χ0v) is 10.9. The van der Waals surface area contributed by atoms with E-state index in [0.29, 0.717) is 0 Å². The highest BCUT2D eigenvalue weighted by molar-refractivity contribution is 6.00. The van der Waals surface area contributed by atoms with Crippen molar-refractivity contribution >= 4 is 23.6 Å². The number of carboxylic acids is 1. The quantitative estimate of drug-likeness (QED) is 0.758. The third-order valence-electron chi connectivity index (χ3n) is 2.36. The summed E-state index contributed by atoms with van der Waals surface area (Å²) in [6.45, 7) is -0.253. The van der Waals surface area contributed by atoms with Crippen LogP contribution in [0.4, 0.5) is 14.9 Å². The highest BCUT2D eigenvalue weighted by atomic mass is 19.1. The largest absolute Gasteiger partial charge is 0.478 e. The number of carboxylic acid groups (broad SMARTS) is 1. The molecular formula is C12H14FN3O4. The molecule has 7 nitrogen and oxygen atoms in total. The van der Waals surface area contributed by atoms with E-state index in [2.05, 4.69) is 10.6 Å². The smallest absolute Gasteiger partial charge is 0.337 e. The first-order chi connectivity index (χ1) is 9.31. The van der Waals surface area contributed by atoms with Crippen LogP contribution in [-0.2, 0) is 4.79 Å². The van der Waals surface area contributed by atoms with E-state index in [-0.39, 0.29) is 23.7 Å². The first kappa shape index (κ1) is 15.4. The molecule has 0 saturated heterocycles.